The zero-order chi connectivity index (χ0) is 22.4. The minimum atomic E-state index is -0.522. The van der Waals surface area contributed by atoms with Crippen LogP contribution in [0.15, 0.2) is 54.6 Å². The van der Waals surface area contributed by atoms with Gasteiger partial charge in [0.25, 0.3) is 0 Å². The fraction of sp³-hybridized carbons (Fsp3) is 0.174. The van der Waals surface area contributed by atoms with E-state index < -0.39 is 11.9 Å². The van der Waals surface area contributed by atoms with Crippen LogP contribution in [-0.4, -0.2) is 28.8 Å². The Bertz CT molecular complexity index is 1120. The molecule has 3 aromatic rings. The third-order valence-corrected chi connectivity index (χ3v) is 5.30. The third-order valence-electron chi connectivity index (χ3n) is 4.53. The predicted molar refractivity (Wildman–Crippen MR) is 119 cm³/mol. The number of methoxy groups -OCH3 is 1. The van der Waals surface area contributed by atoms with Gasteiger partial charge in [0.1, 0.15) is 11.8 Å². The number of carbonyl (C=O) groups excluding carboxylic acids is 2. The van der Waals surface area contributed by atoms with E-state index in [0.717, 1.165) is 11.1 Å². The van der Waals surface area contributed by atoms with Gasteiger partial charge in [0.2, 0.25) is 0 Å². The summed E-state index contributed by atoms with van der Waals surface area (Å²) in [6.45, 7) is 2.30. The Morgan fingerprint density at radius 2 is 1.81 bits per heavy atom. The van der Waals surface area contributed by atoms with Gasteiger partial charge >= 0.3 is 11.9 Å². The Balaban J connectivity index is 1.62. The van der Waals surface area contributed by atoms with Gasteiger partial charge in [-0.3, -0.25) is 0 Å². The van der Waals surface area contributed by atoms with Crippen LogP contribution in [0, 0.1) is 6.92 Å². The average Bonchev–Trinajstić information content (AvgIpc) is 3.04. The van der Waals surface area contributed by atoms with Crippen LogP contribution in [-0.2, 0) is 27.4 Å². The van der Waals surface area contributed by atoms with E-state index in [1.165, 1.54) is 13.2 Å². The van der Waals surface area contributed by atoms with Gasteiger partial charge in [0.15, 0.2) is 0 Å². The molecule has 0 aliphatic heterocycles. The molecular weight excluding hydrogens is 439 g/mol. The summed E-state index contributed by atoms with van der Waals surface area (Å²) < 4.78 is 11.5. The Kier molecular flexibility index (Phi) is 7.50. The summed E-state index contributed by atoms with van der Waals surface area (Å²) in [7, 11) is 1.32. The number of halogens is 2. The molecule has 0 amide bonds. The van der Waals surface area contributed by atoms with Crippen molar-refractivity contribution in [2.45, 2.75) is 20.1 Å². The molecular formula is C23H20Cl2N2O4. The number of ether oxygens (including phenoxy) is 2. The minimum Gasteiger partial charge on any atom is -0.465 e. The molecule has 31 heavy (non-hydrogen) atoms. The highest BCUT2D eigenvalue weighted by molar-refractivity contribution is 6.32. The Labute approximate surface area is 190 Å². The van der Waals surface area contributed by atoms with Crippen LogP contribution in [0.1, 0.15) is 32.7 Å². The lowest BCUT2D eigenvalue weighted by atomic mass is 10.1. The molecule has 0 aliphatic carbocycles. The van der Waals surface area contributed by atoms with Crippen molar-refractivity contribution in [1.29, 1.82) is 0 Å². The fourth-order valence-corrected chi connectivity index (χ4v) is 3.35. The van der Waals surface area contributed by atoms with E-state index in [-0.39, 0.29) is 6.61 Å². The van der Waals surface area contributed by atoms with Crippen LogP contribution < -0.4 is 0 Å². The Hall–Kier alpha value is -3.09. The molecule has 0 N–H and O–H groups in total. The second-order valence-electron chi connectivity index (χ2n) is 6.67. The summed E-state index contributed by atoms with van der Waals surface area (Å²) in [6, 6.07) is 14.1. The van der Waals surface area contributed by atoms with E-state index in [4.69, 9.17) is 27.9 Å². The highest BCUT2D eigenvalue weighted by Crippen LogP contribution is 2.24. The van der Waals surface area contributed by atoms with Crippen LogP contribution in [0.5, 0.6) is 0 Å². The lowest BCUT2D eigenvalue weighted by Gasteiger charge is -2.05. The summed E-state index contributed by atoms with van der Waals surface area (Å²) in [6.07, 6.45) is 2.88. The van der Waals surface area contributed by atoms with Crippen LogP contribution in [0.2, 0.25) is 10.2 Å². The number of aromatic nitrogens is 2. The van der Waals surface area contributed by atoms with Crippen molar-refractivity contribution in [2.24, 2.45) is 0 Å². The maximum atomic E-state index is 12.1. The maximum absolute atomic E-state index is 12.1. The highest BCUT2D eigenvalue weighted by atomic mass is 35.5. The molecule has 0 saturated carbocycles. The summed E-state index contributed by atoms with van der Waals surface area (Å²) >= 11 is 12.7. The van der Waals surface area contributed by atoms with E-state index in [9.17, 15) is 9.59 Å². The van der Waals surface area contributed by atoms with Crippen molar-refractivity contribution in [3.63, 3.8) is 0 Å². The van der Waals surface area contributed by atoms with Crippen molar-refractivity contribution in [1.82, 2.24) is 9.78 Å². The molecule has 0 radical (unpaired) electrons. The summed E-state index contributed by atoms with van der Waals surface area (Å²) in [5.74, 6) is -0.944. The third kappa shape index (κ3) is 5.75. The molecule has 0 unspecified atom stereocenters. The zero-order valence-corrected chi connectivity index (χ0v) is 18.5. The summed E-state index contributed by atoms with van der Waals surface area (Å²) in [5.41, 5.74) is 3.38. The van der Waals surface area contributed by atoms with E-state index in [1.54, 1.807) is 41.1 Å². The molecule has 0 spiro atoms. The van der Waals surface area contributed by atoms with Gasteiger partial charge in [-0.2, -0.15) is 5.10 Å². The average molecular weight is 459 g/mol. The fourth-order valence-electron chi connectivity index (χ4n) is 2.86. The molecule has 0 aliphatic rings. The SMILES string of the molecule is COC(=O)c1ccc(COC(=O)C=Cc2c(C)nn(Cc3ccccc3Cl)c2Cl)cc1. The van der Waals surface area contributed by atoms with Crippen molar-refractivity contribution in [3.8, 4) is 0 Å². The van der Waals surface area contributed by atoms with Gasteiger partial charge in [-0.15, -0.1) is 0 Å². The van der Waals surface area contributed by atoms with Gasteiger partial charge in [-0.05, 0) is 42.3 Å². The van der Waals surface area contributed by atoms with E-state index in [1.807, 2.05) is 25.1 Å². The molecule has 3 rings (SSSR count). The second kappa shape index (κ2) is 10.3. The van der Waals surface area contributed by atoms with Gasteiger partial charge in [-0.1, -0.05) is 53.5 Å². The highest BCUT2D eigenvalue weighted by Gasteiger charge is 2.13. The standard InChI is InChI=1S/C23H20Cl2N2O4/c1-15-19(22(25)27(26-15)13-18-5-3-4-6-20(18)24)11-12-21(28)31-14-16-7-9-17(10-8-16)23(29)30-2/h3-12H,13-14H2,1-2H3. The summed E-state index contributed by atoms with van der Waals surface area (Å²) in [4.78, 5) is 23.6. The molecule has 160 valence electrons. The number of rotatable bonds is 7. The van der Waals surface area contributed by atoms with E-state index >= 15 is 0 Å². The first-order chi connectivity index (χ1) is 14.9. The molecule has 0 atom stereocenters. The van der Waals surface area contributed by atoms with Gasteiger partial charge < -0.3 is 9.47 Å². The summed E-state index contributed by atoms with van der Waals surface area (Å²) in [5, 5.41) is 5.47. The van der Waals surface area contributed by atoms with E-state index in [0.29, 0.717) is 33.5 Å². The van der Waals surface area contributed by atoms with Crippen LogP contribution in [0.4, 0.5) is 0 Å². The first kappa shape index (κ1) is 22.6. The second-order valence-corrected chi connectivity index (χ2v) is 7.43. The lowest BCUT2D eigenvalue weighted by Crippen LogP contribution is -2.03. The lowest BCUT2D eigenvalue weighted by molar-refractivity contribution is -0.138. The van der Waals surface area contributed by atoms with Crippen molar-refractivity contribution in [3.05, 3.63) is 92.7 Å². The molecule has 1 aromatic heterocycles. The first-order valence-electron chi connectivity index (χ1n) is 9.37. The Morgan fingerprint density at radius 3 is 2.48 bits per heavy atom. The number of hydrogen-bond acceptors (Lipinski definition) is 5. The van der Waals surface area contributed by atoms with Gasteiger partial charge in [0.05, 0.1) is 24.9 Å². The molecule has 6 nitrogen and oxygen atoms in total. The number of hydrogen-bond donors (Lipinski definition) is 0. The van der Waals surface area contributed by atoms with Crippen LogP contribution >= 0.6 is 23.2 Å². The molecule has 0 saturated heterocycles. The van der Waals surface area contributed by atoms with Crippen LogP contribution in [0.3, 0.4) is 0 Å². The van der Waals surface area contributed by atoms with Gasteiger partial charge in [0, 0.05) is 16.7 Å². The first-order valence-corrected chi connectivity index (χ1v) is 10.1. The predicted octanol–water partition coefficient (Wildman–Crippen LogP) is 5.09. The zero-order valence-electron chi connectivity index (χ0n) is 17.0. The molecule has 8 heteroatoms. The molecule has 0 fully saturated rings. The molecule has 0 bridgehead atoms. The maximum Gasteiger partial charge on any atom is 0.337 e. The number of nitrogens with zero attached hydrogens (tertiary/aromatic N) is 2. The number of benzene rings is 2. The van der Waals surface area contributed by atoms with Crippen molar-refractivity contribution >= 4 is 41.2 Å². The topological polar surface area (TPSA) is 70.4 Å². The molecule has 1 heterocycles. The minimum absolute atomic E-state index is 0.0725. The van der Waals surface area contributed by atoms with Crippen molar-refractivity contribution < 1.29 is 19.1 Å². The smallest absolute Gasteiger partial charge is 0.337 e. The quantitative estimate of drug-likeness (QED) is 0.364. The number of esters is 2. The molecule has 2 aromatic carbocycles. The number of carbonyl (C=O) groups is 2. The van der Waals surface area contributed by atoms with Gasteiger partial charge in [-0.25, -0.2) is 14.3 Å². The number of aryl methyl sites for hydroxylation is 1. The van der Waals surface area contributed by atoms with Crippen molar-refractivity contribution in [2.75, 3.05) is 7.11 Å². The Morgan fingerprint density at radius 1 is 1.10 bits per heavy atom. The largest absolute Gasteiger partial charge is 0.465 e. The van der Waals surface area contributed by atoms with E-state index in [2.05, 4.69) is 9.84 Å². The normalized spacial score (nSPS) is 11.0. The monoisotopic (exact) mass is 458 g/mol. The van der Waals surface area contributed by atoms with Crippen LogP contribution in [0.25, 0.3) is 6.08 Å².